The van der Waals surface area contributed by atoms with E-state index >= 15 is 0 Å². The van der Waals surface area contributed by atoms with Crippen LogP contribution in [0.15, 0.2) is 48.5 Å². The predicted molar refractivity (Wildman–Crippen MR) is 95.3 cm³/mol. The molecule has 0 saturated carbocycles. The van der Waals surface area contributed by atoms with Gasteiger partial charge in [-0.05, 0) is 55.6 Å². The number of hydrogen-bond donors (Lipinski definition) is 2. The molecule has 0 spiro atoms. The van der Waals surface area contributed by atoms with Crippen LogP contribution < -0.4 is 5.32 Å². The third-order valence-electron chi connectivity index (χ3n) is 4.74. The number of nitrogens with one attached hydrogen (secondary N) is 1. The van der Waals surface area contributed by atoms with Crippen LogP contribution in [-0.2, 0) is 13.1 Å². The molecule has 2 aromatic carbocycles. The number of piperidine rings is 1. The molecule has 1 aliphatic heterocycles. The number of aliphatic hydroxyl groups is 1. The monoisotopic (exact) mass is 328 g/mol. The number of rotatable bonds is 6. The van der Waals surface area contributed by atoms with E-state index in [0.717, 1.165) is 38.2 Å². The van der Waals surface area contributed by atoms with Crippen molar-refractivity contribution >= 4 is 5.69 Å². The molecule has 0 atom stereocenters. The Labute approximate surface area is 143 Å². The lowest BCUT2D eigenvalue weighted by molar-refractivity contribution is 0.127. The molecule has 0 unspecified atom stereocenters. The van der Waals surface area contributed by atoms with Crippen LogP contribution >= 0.6 is 0 Å². The molecule has 1 heterocycles. The van der Waals surface area contributed by atoms with Crippen molar-refractivity contribution in [3.05, 3.63) is 65.5 Å². The van der Waals surface area contributed by atoms with Crippen molar-refractivity contribution < 1.29 is 9.50 Å². The Bertz CT molecular complexity index is 654. The van der Waals surface area contributed by atoms with E-state index in [1.807, 2.05) is 18.2 Å². The second-order valence-electron chi connectivity index (χ2n) is 6.55. The molecule has 1 aliphatic rings. The average Bonchev–Trinajstić information content (AvgIpc) is 2.62. The van der Waals surface area contributed by atoms with Crippen LogP contribution in [0.5, 0.6) is 0 Å². The van der Waals surface area contributed by atoms with Crippen LogP contribution in [0.3, 0.4) is 0 Å². The first-order valence-electron chi connectivity index (χ1n) is 8.64. The summed E-state index contributed by atoms with van der Waals surface area (Å²) >= 11 is 0. The van der Waals surface area contributed by atoms with Gasteiger partial charge in [0.05, 0.1) is 0 Å². The van der Waals surface area contributed by atoms with E-state index in [2.05, 4.69) is 22.3 Å². The standard InChI is InChI=1S/C20H25FN2O/c21-20-7-2-1-5-18(20)13-22-19-6-3-4-17(12-19)14-23-10-8-16(15-24)9-11-23/h1-7,12,16,22,24H,8-11,13-15H2. The zero-order valence-electron chi connectivity index (χ0n) is 13.9. The van der Waals surface area contributed by atoms with Crippen molar-refractivity contribution in [2.24, 2.45) is 5.92 Å². The van der Waals surface area contributed by atoms with Gasteiger partial charge in [0.25, 0.3) is 0 Å². The van der Waals surface area contributed by atoms with Gasteiger partial charge in [-0.25, -0.2) is 4.39 Å². The van der Waals surface area contributed by atoms with Crippen LogP contribution in [0, 0.1) is 11.7 Å². The minimum Gasteiger partial charge on any atom is -0.396 e. The maximum Gasteiger partial charge on any atom is 0.128 e. The summed E-state index contributed by atoms with van der Waals surface area (Å²) in [6.07, 6.45) is 2.14. The number of benzene rings is 2. The fraction of sp³-hybridized carbons (Fsp3) is 0.400. The second kappa shape index (κ2) is 8.27. The van der Waals surface area contributed by atoms with Crippen LogP contribution in [-0.4, -0.2) is 29.7 Å². The summed E-state index contributed by atoms with van der Waals surface area (Å²) in [5.74, 6) is 0.294. The number of nitrogens with zero attached hydrogens (tertiary/aromatic N) is 1. The lowest BCUT2D eigenvalue weighted by Crippen LogP contribution is -2.34. The molecule has 1 fully saturated rings. The molecular formula is C20H25FN2O. The molecule has 3 nitrogen and oxygen atoms in total. The van der Waals surface area contributed by atoms with E-state index in [9.17, 15) is 9.50 Å². The van der Waals surface area contributed by atoms with Gasteiger partial charge in [-0.2, -0.15) is 0 Å². The zero-order chi connectivity index (χ0) is 16.8. The van der Waals surface area contributed by atoms with E-state index in [4.69, 9.17) is 0 Å². The highest BCUT2D eigenvalue weighted by molar-refractivity contribution is 5.46. The van der Waals surface area contributed by atoms with E-state index < -0.39 is 0 Å². The maximum absolute atomic E-state index is 13.7. The average molecular weight is 328 g/mol. The largest absolute Gasteiger partial charge is 0.396 e. The molecule has 2 aromatic rings. The van der Waals surface area contributed by atoms with Gasteiger partial charge < -0.3 is 10.4 Å². The molecule has 3 rings (SSSR count). The number of halogens is 1. The summed E-state index contributed by atoms with van der Waals surface area (Å²) in [6.45, 7) is 3.80. The molecular weight excluding hydrogens is 303 g/mol. The van der Waals surface area contributed by atoms with E-state index in [1.54, 1.807) is 12.1 Å². The lowest BCUT2D eigenvalue weighted by Gasteiger charge is -2.31. The van der Waals surface area contributed by atoms with Gasteiger partial charge in [0.15, 0.2) is 0 Å². The molecule has 0 aromatic heterocycles. The Morgan fingerprint density at radius 2 is 1.88 bits per heavy atom. The summed E-state index contributed by atoms with van der Waals surface area (Å²) in [7, 11) is 0. The fourth-order valence-electron chi connectivity index (χ4n) is 3.20. The summed E-state index contributed by atoms with van der Waals surface area (Å²) in [4.78, 5) is 2.43. The van der Waals surface area contributed by atoms with Gasteiger partial charge in [0.2, 0.25) is 0 Å². The van der Waals surface area contributed by atoms with Gasteiger partial charge >= 0.3 is 0 Å². The van der Waals surface area contributed by atoms with Crippen molar-refractivity contribution in [2.45, 2.75) is 25.9 Å². The Morgan fingerprint density at radius 3 is 2.62 bits per heavy atom. The fourth-order valence-corrected chi connectivity index (χ4v) is 3.20. The molecule has 24 heavy (non-hydrogen) atoms. The number of aliphatic hydroxyl groups excluding tert-OH is 1. The van der Waals surface area contributed by atoms with Crippen LogP contribution in [0.2, 0.25) is 0 Å². The lowest BCUT2D eigenvalue weighted by atomic mass is 9.97. The minimum absolute atomic E-state index is 0.173. The number of likely N-dealkylation sites (tertiary alicyclic amines) is 1. The molecule has 1 saturated heterocycles. The Kier molecular flexibility index (Phi) is 5.83. The highest BCUT2D eigenvalue weighted by Crippen LogP contribution is 2.20. The second-order valence-corrected chi connectivity index (χ2v) is 6.55. The highest BCUT2D eigenvalue weighted by atomic mass is 19.1. The Balaban J connectivity index is 1.55. The minimum atomic E-state index is -0.173. The number of anilines is 1. The van der Waals surface area contributed by atoms with Gasteiger partial charge in [-0.3, -0.25) is 4.90 Å². The van der Waals surface area contributed by atoms with E-state index in [0.29, 0.717) is 24.6 Å². The van der Waals surface area contributed by atoms with Gasteiger partial charge in [-0.15, -0.1) is 0 Å². The summed E-state index contributed by atoms with van der Waals surface area (Å²) in [5, 5.41) is 12.5. The topological polar surface area (TPSA) is 35.5 Å². The Morgan fingerprint density at radius 1 is 1.08 bits per heavy atom. The van der Waals surface area contributed by atoms with Crippen LogP contribution in [0.1, 0.15) is 24.0 Å². The zero-order valence-corrected chi connectivity index (χ0v) is 13.9. The molecule has 128 valence electrons. The SMILES string of the molecule is OCC1CCN(Cc2cccc(NCc3ccccc3F)c2)CC1. The predicted octanol–water partition coefficient (Wildman–Crippen LogP) is 3.64. The highest BCUT2D eigenvalue weighted by Gasteiger charge is 2.18. The van der Waals surface area contributed by atoms with Crippen molar-refractivity contribution in [3.63, 3.8) is 0 Å². The van der Waals surface area contributed by atoms with Crippen LogP contribution in [0.4, 0.5) is 10.1 Å². The quantitative estimate of drug-likeness (QED) is 0.850. The third-order valence-corrected chi connectivity index (χ3v) is 4.74. The smallest absolute Gasteiger partial charge is 0.128 e. The Hall–Kier alpha value is -1.91. The summed E-state index contributed by atoms with van der Waals surface area (Å²) in [6, 6.07) is 15.2. The molecule has 0 bridgehead atoms. The van der Waals surface area contributed by atoms with Crippen molar-refractivity contribution in [1.29, 1.82) is 0 Å². The van der Waals surface area contributed by atoms with Crippen molar-refractivity contribution in [2.75, 3.05) is 25.0 Å². The van der Waals surface area contributed by atoms with Crippen LogP contribution in [0.25, 0.3) is 0 Å². The van der Waals surface area contributed by atoms with Gasteiger partial charge in [0, 0.05) is 30.9 Å². The third kappa shape index (κ3) is 4.56. The first-order chi connectivity index (χ1) is 11.7. The van der Waals surface area contributed by atoms with E-state index in [1.165, 1.54) is 11.6 Å². The summed E-state index contributed by atoms with van der Waals surface area (Å²) in [5.41, 5.74) is 2.95. The first-order valence-corrected chi connectivity index (χ1v) is 8.64. The molecule has 0 amide bonds. The normalized spacial score (nSPS) is 16.2. The first kappa shape index (κ1) is 16.9. The van der Waals surface area contributed by atoms with Gasteiger partial charge in [0.1, 0.15) is 5.82 Å². The number of hydrogen-bond acceptors (Lipinski definition) is 3. The molecule has 0 radical (unpaired) electrons. The van der Waals surface area contributed by atoms with Crippen molar-refractivity contribution in [3.8, 4) is 0 Å². The summed E-state index contributed by atoms with van der Waals surface area (Å²) < 4.78 is 13.7. The maximum atomic E-state index is 13.7. The van der Waals surface area contributed by atoms with E-state index in [-0.39, 0.29) is 5.82 Å². The molecule has 0 aliphatic carbocycles. The van der Waals surface area contributed by atoms with Crippen molar-refractivity contribution in [1.82, 2.24) is 4.90 Å². The molecule has 2 N–H and O–H groups in total. The van der Waals surface area contributed by atoms with Gasteiger partial charge in [-0.1, -0.05) is 30.3 Å². The molecule has 4 heteroatoms.